The van der Waals surface area contributed by atoms with Crippen LogP contribution in [0.1, 0.15) is 17.2 Å². The third-order valence-corrected chi connectivity index (χ3v) is 3.64. The fraction of sp³-hybridized carbons (Fsp3) is 0.200. The van der Waals surface area contributed by atoms with E-state index in [1.807, 2.05) is 0 Å². The van der Waals surface area contributed by atoms with Gasteiger partial charge in [-0.15, -0.1) is 0 Å². The van der Waals surface area contributed by atoms with E-state index in [0.717, 1.165) is 12.1 Å². The molecule has 0 bridgehead atoms. The summed E-state index contributed by atoms with van der Waals surface area (Å²) in [5.41, 5.74) is 9.23. The Morgan fingerprint density at radius 1 is 1.17 bits per heavy atom. The van der Waals surface area contributed by atoms with Crippen molar-refractivity contribution in [2.75, 3.05) is 6.54 Å². The first-order chi connectivity index (χ1) is 11.0. The molecule has 2 aromatic carbocycles. The average Bonchev–Trinajstić information content (AvgIpc) is 2.50. The highest BCUT2D eigenvalue weighted by Crippen LogP contribution is 2.29. The minimum atomic E-state index is -0.713. The van der Waals surface area contributed by atoms with Gasteiger partial charge in [-0.25, -0.2) is 8.78 Å². The molecule has 0 N–H and O–H groups in total. The minimum Gasteiger partial charge on any atom is -0.369 e. The topological polar surface area (TPSA) is 58.0 Å². The zero-order valence-electron chi connectivity index (χ0n) is 11.7. The van der Waals surface area contributed by atoms with Gasteiger partial charge in [-0.1, -0.05) is 40.4 Å². The van der Waals surface area contributed by atoms with Crippen LogP contribution >= 0.6 is 23.2 Å². The molecule has 8 heteroatoms. The van der Waals surface area contributed by atoms with Gasteiger partial charge in [0.05, 0.1) is 19.3 Å². The van der Waals surface area contributed by atoms with Crippen molar-refractivity contribution in [3.63, 3.8) is 0 Å². The van der Waals surface area contributed by atoms with Gasteiger partial charge >= 0.3 is 0 Å². The Bertz CT molecular complexity index is 751. The average molecular weight is 358 g/mol. The van der Waals surface area contributed by atoms with Crippen molar-refractivity contribution in [2.45, 2.75) is 12.7 Å². The maximum absolute atomic E-state index is 13.6. The highest BCUT2D eigenvalue weighted by atomic mass is 35.5. The first kappa shape index (κ1) is 17.5. The van der Waals surface area contributed by atoms with Crippen LogP contribution in [-0.2, 0) is 11.3 Å². The first-order valence-electron chi connectivity index (χ1n) is 6.52. The molecule has 23 heavy (non-hydrogen) atoms. The molecule has 0 saturated heterocycles. The van der Waals surface area contributed by atoms with E-state index in [1.54, 1.807) is 12.1 Å². The number of hydrogen-bond donors (Lipinski definition) is 0. The smallest absolute Gasteiger partial charge is 0.131 e. The van der Waals surface area contributed by atoms with Crippen LogP contribution < -0.4 is 0 Å². The Labute approximate surface area is 141 Å². The van der Waals surface area contributed by atoms with E-state index in [2.05, 4.69) is 10.0 Å². The van der Waals surface area contributed by atoms with Crippen molar-refractivity contribution in [2.24, 2.45) is 5.11 Å². The number of rotatable bonds is 6. The van der Waals surface area contributed by atoms with Crippen LogP contribution in [0.5, 0.6) is 0 Å². The molecule has 1 unspecified atom stereocenters. The Morgan fingerprint density at radius 3 is 2.61 bits per heavy atom. The monoisotopic (exact) mass is 357 g/mol. The lowest BCUT2D eigenvalue weighted by Crippen LogP contribution is -2.09. The number of benzene rings is 2. The standard InChI is InChI=1S/C15H11Cl2F2N3O/c16-10-2-4-12(13(17)5-10)15(7-21-22-20)23-8-9-1-3-11(18)6-14(9)19/h1-6,15H,7-8H2. The maximum atomic E-state index is 13.6. The van der Waals surface area contributed by atoms with Crippen LogP contribution in [-0.4, -0.2) is 6.54 Å². The van der Waals surface area contributed by atoms with E-state index in [1.165, 1.54) is 12.1 Å². The summed E-state index contributed by atoms with van der Waals surface area (Å²) in [6, 6.07) is 7.99. The molecule has 0 radical (unpaired) electrons. The van der Waals surface area contributed by atoms with Crippen LogP contribution in [0.3, 0.4) is 0 Å². The molecule has 4 nitrogen and oxygen atoms in total. The van der Waals surface area contributed by atoms with Crippen LogP contribution in [0.25, 0.3) is 10.4 Å². The normalized spacial score (nSPS) is 11.8. The fourth-order valence-electron chi connectivity index (χ4n) is 1.94. The van der Waals surface area contributed by atoms with Crippen molar-refractivity contribution < 1.29 is 13.5 Å². The van der Waals surface area contributed by atoms with E-state index < -0.39 is 17.7 Å². The molecule has 0 heterocycles. The lowest BCUT2D eigenvalue weighted by Gasteiger charge is -2.18. The zero-order chi connectivity index (χ0) is 16.8. The summed E-state index contributed by atoms with van der Waals surface area (Å²) in [6.45, 7) is -0.155. The quantitative estimate of drug-likeness (QED) is 0.364. The molecule has 2 aromatic rings. The van der Waals surface area contributed by atoms with Gasteiger partial charge in [0.15, 0.2) is 0 Å². The second-order valence-corrected chi connectivity index (χ2v) is 5.46. The fourth-order valence-corrected chi connectivity index (χ4v) is 2.47. The Hall–Kier alpha value is -1.85. The highest BCUT2D eigenvalue weighted by Gasteiger charge is 2.16. The predicted octanol–water partition coefficient (Wildman–Crippen LogP) is 5.84. The molecule has 0 amide bonds. The Balaban J connectivity index is 2.20. The van der Waals surface area contributed by atoms with E-state index in [4.69, 9.17) is 33.5 Å². The number of ether oxygens (including phenoxy) is 1. The largest absolute Gasteiger partial charge is 0.369 e. The van der Waals surface area contributed by atoms with E-state index in [-0.39, 0.29) is 18.7 Å². The van der Waals surface area contributed by atoms with Crippen LogP contribution in [0, 0.1) is 11.6 Å². The number of halogens is 4. The van der Waals surface area contributed by atoms with E-state index >= 15 is 0 Å². The minimum absolute atomic E-state index is 0.0271. The van der Waals surface area contributed by atoms with Gasteiger partial charge in [0.1, 0.15) is 11.6 Å². The van der Waals surface area contributed by atoms with Crippen molar-refractivity contribution >= 4 is 23.2 Å². The number of hydrogen-bond acceptors (Lipinski definition) is 2. The highest BCUT2D eigenvalue weighted by molar-refractivity contribution is 6.35. The summed E-state index contributed by atoms with van der Waals surface area (Å²) >= 11 is 12.0. The van der Waals surface area contributed by atoms with Gasteiger partial charge in [0.2, 0.25) is 0 Å². The molecule has 0 aliphatic rings. The van der Waals surface area contributed by atoms with Crippen LogP contribution in [0.15, 0.2) is 41.5 Å². The van der Waals surface area contributed by atoms with Gasteiger partial charge in [-0.3, -0.25) is 0 Å². The Morgan fingerprint density at radius 2 is 1.96 bits per heavy atom. The van der Waals surface area contributed by atoms with Gasteiger partial charge in [-0.2, -0.15) is 0 Å². The van der Waals surface area contributed by atoms with Crippen molar-refractivity contribution in [3.8, 4) is 0 Å². The molecular weight excluding hydrogens is 347 g/mol. The summed E-state index contributed by atoms with van der Waals surface area (Å²) in [7, 11) is 0. The summed E-state index contributed by atoms with van der Waals surface area (Å²) in [5, 5.41) is 4.26. The molecule has 0 aliphatic carbocycles. The molecule has 1 atom stereocenters. The first-order valence-corrected chi connectivity index (χ1v) is 7.28. The molecule has 0 aliphatic heterocycles. The van der Waals surface area contributed by atoms with Crippen LogP contribution in [0.4, 0.5) is 8.78 Å². The summed E-state index contributed by atoms with van der Waals surface area (Å²) in [6.07, 6.45) is -0.680. The lowest BCUT2D eigenvalue weighted by molar-refractivity contribution is 0.0441. The lowest BCUT2D eigenvalue weighted by atomic mass is 10.1. The van der Waals surface area contributed by atoms with Gasteiger partial charge < -0.3 is 4.74 Å². The van der Waals surface area contributed by atoms with Gasteiger partial charge in [0, 0.05) is 26.6 Å². The van der Waals surface area contributed by atoms with Gasteiger partial charge in [0.25, 0.3) is 0 Å². The van der Waals surface area contributed by atoms with Gasteiger partial charge in [-0.05, 0) is 29.3 Å². The van der Waals surface area contributed by atoms with Crippen molar-refractivity contribution in [3.05, 3.63) is 79.6 Å². The summed E-state index contributed by atoms with van der Waals surface area (Å²) < 4.78 is 32.1. The summed E-state index contributed by atoms with van der Waals surface area (Å²) in [4.78, 5) is 2.68. The third-order valence-electron chi connectivity index (χ3n) is 3.08. The summed E-state index contributed by atoms with van der Waals surface area (Å²) in [5.74, 6) is -1.38. The van der Waals surface area contributed by atoms with Crippen LogP contribution in [0.2, 0.25) is 10.0 Å². The van der Waals surface area contributed by atoms with E-state index in [9.17, 15) is 8.78 Å². The molecule has 2 rings (SSSR count). The molecule has 0 saturated carbocycles. The SMILES string of the molecule is [N-]=[N+]=NCC(OCc1ccc(F)cc1F)c1ccc(Cl)cc1Cl. The second-order valence-electron chi connectivity index (χ2n) is 4.61. The second kappa shape index (κ2) is 8.13. The Kier molecular flexibility index (Phi) is 6.19. The maximum Gasteiger partial charge on any atom is 0.131 e. The third kappa shape index (κ3) is 4.81. The van der Waals surface area contributed by atoms with Crippen molar-refractivity contribution in [1.82, 2.24) is 0 Å². The molecule has 0 aromatic heterocycles. The molecule has 0 fully saturated rings. The van der Waals surface area contributed by atoms with E-state index in [0.29, 0.717) is 15.6 Å². The number of azide groups is 1. The molecular formula is C15H11Cl2F2N3O. The molecule has 120 valence electrons. The number of nitrogens with zero attached hydrogens (tertiary/aromatic N) is 3. The zero-order valence-corrected chi connectivity index (χ0v) is 13.2. The van der Waals surface area contributed by atoms with Crippen molar-refractivity contribution in [1.29, 1.82) is 0 Å². The predicted molar refractivity (Wildman–Crippen MR) is 84.4 cm³/mol. The molecule has 0 spiro atoms.